The lowest BCUT2D eigenvalue weighted by Crippen LogP contribution is -2.40. The lowest BCUT2D eigenvalue weighted by molar-refractivity contribution is 0.392. The summed E-state index contributed by atoms with van der Waals surface area (Å²) < 4.78 is 0. The highest BCUT2D eigenvalue weighted by Crippen LogP contribution is 2.44. The van der Waals surface area contributed by atoms with E-state index in [1.54, 1.807) is 0 Å². The minimum absolute atomic E-state index is 0.602. The van der Waals surface area contributed by atoms with Crippen LogP contribution in [0.4, 0.5) is 5.69 Å². The molecule has 0 radical (unpaired) electrons. The summed E-state index contributed by atoms with van der Waals surface area (Å²) in [5.41, 5.74) is 3.63. The van der Waals surface area contributed by atoms with Crippen molar-refractivity contribution in [2.45, 2.75) is 45.6 Å². The van der Waals surface area contributed by atoms with E-state index in [1.165, 1.54) is 36.8 Å². The lowest BCUT2D eigenvalue weighted by Gasteiger charge is -2.24. The SMILES string of the molecule is Cc1cc(C)cc(NC(=S)N[C@H]2C[C@H]3CC[C@H]2C3)c1. The average molecular weight is 274 g/mol. The third kappa shape index (κ3) is 2.92. The van der Waals surface area contributed by atoms with E-state index in [2.05, 4.69) is 42.7 Å². The third-order valence-corrected chi connectivity index (χ3v) is 4.75. The van der Waals surface area contributed by atoms with Gasteiger partial charge in [-0.05, 0) is 80.4 Å². The Labute approximate surface area is 121 Å². The Morgan fingerprint density at radius 3 is 2.42 bits per heavy atom. The molecule has 0 heterocycles. The molecule has 3 heteroatoms. The first-order valence-electron chi connectivity index (χ1n) is 7.26. The normalized spacial score (nSPS) is 28.4. The summed E-state index contributed by atoms with van der Waals surface area (Å²) in [4.78, 5) is 0. The van der Waals surface area contributed by atoms with Gasteiger partial charge in [0.05, 0.1) is 0 Å². The van der Waals surface area contributed by atoms with Crippen molar-refractivity contribution in [2.24, 2.45) is 11.8 Å². The molecule has 102 valence electrons. The standard InChI is InChI=1S/C16H22N2S/c1-10-5-11(2)7-14(6-10)17-16(19)18-15-9-12-3-4-13(15)8-12/h5-7,12-13,15H,3-4,8-9H2,1-2H3,(H2,17,18,19)/t12-,13-,15-/m0/s1. The molecule has 2 aliphatic rings. The molecule has 2 saturated carbocycles. The molecule has 2 aliphatic carbocycles. The summed E-state index contributed by atoms with van der Waals surface area (Å²) >= 11 is 5.45. The van der Waals surface area contributed by atoms with Crippen LogP contribution in [0.1, 0.15) is 36.8 Å². The van der Waals surface area contributed by atoms with E-state index in [-0.39, 0.29) is 0 Å². The molecule has 3 rings (SSSR count). The number of aryl methyl sites for hydroxylation is 2. The lowest BCUT2D eigenvalue weighted by atomic mass is 9.95. The Morgan fingerprint density at radius 2 is 1.84 bits per heavy atom. The third-order valence-electron chi connectivity index (χ3n) is 4.53. The summed E-state index contributed by atoms with van der Waals surface area (Å²) in [6.45, 7) is 4.23. The Hall–Kier alpha value is -1.09. The van der Waals surface area contributed by atoms with Gasteiger partial charge in [-0.2, -0.15) is 0 Å². The number of hydrogen-bond acceptors (Lipinski definition) is 1. The summed E-state index contributed by atoms with van der Waals surface area (Å²) in [6, 6.07) is 7.06. The van der Waals surface area contributed by atoms with Gasteiger partial charge in [0.1, 0.15) is 0 Å². The minimum Gasteiger partial charge on any atom is -0.359 e. The van der Waals surface area contributed by atoms with E-state index in [0.717, 1.165) is 22.6 Å². The Bertz CT molecular complexity index is 477. The minimum atomic E-state index is 0.602. The fourth-order valence-electron chi connectivity index (χ4n) is 3.80. The van der Waals surface area contributed by atoms with Crippen molar-refractivity contribution in [3.63, 3.8) is 0 Å². The van der Waals surface area contributed by atoms with Crippen molar-refractivity contribution in [3.05, 3.63) is 29.3 Å². The van der Waals surface area contributed by atoms with Crippen molar-refractivity contribution < 1.29 is 0 Å². The van der Waals surface area contributed by atoms with Gasteiger partial charge in [0.2, 0.25) is 0 Å². The molecule has 1 aromatic carbocycles. The van der Waals surface area contributed by atoms with Crippen LogP contribution in [0, 0.1) is 25.7 Å². The number of fused-ring (bicyclic) bond motifs is 2. The van der Waals surface area contributed by atoms with Crippen LogP contribution in [-0.2, 0) is 0 Å². The van der Waals surface area contributed by atoms with E-state index in [4.69, 9.17) is 12.2 Å². The van der Waals surface area contributed by atoms with Gasteiger partial charge in [0, 0.05) is 11.7 Å². The maximum atomic E-state index is 5.45. The number of rotatable bonds is 2. The fraction of sp³-hybridized carbons (Fsp3) is 0.562. The number of anilines is 1. The van der Waals surface area contributed by atoms with Gasteiger partial charge in [0.15, 0.2) is 5.11 Å². The zero-order valence-electron chi connectivity index (χ0n) is 11.7. The number of thiocarbonyl (C=S) groups is 1. The van der Waals surface area contributed by atoms with Crippen LogP contribution in [0.2, 0.25) is 0 Å². The van der Waals surface area contributed by atoms with Crippen LogP contribution in [0.15, 0.2) is 18.2 Å². The topological polar surface area (TPSA) is 24.1 Å². The van der Waals surface area contributed by atoms with Crippen LogP contribution in [0.25, 0.3) is 0 Å². The van der Waals surface area contributed by atoms with Crippen LogP contribution in [0.3, 0.4) is 0 Å². The molecule has 19 heavy (non-hydrogen) atoms. The van der Waals surface area contributed by atoms with Crippen molar-refractivity contribution in [1.29, 1.82) is 0 Å². The molecule has 3 atom stereocenters. The van der Waals surface area contributed by atoms with E-state index >= 15 is 0 Å². The first-order valence-corrected chi connectivity index (χ1v) is 7.67. The second-order valence-electron chi connectivity index (χ2n) is 6.26. The largest absolute Gasteiger partial charge is 0.359 e. The molecule has 0 amide bonds. The molecule has 1 aromatic rings. The van der Waals surface area contributed by atoms with E-state index in [0.29, 0.717) is 6.04 Å². The highest BCUT2D eigenvalue weighted by Gasteiger charge is 2.39. The van der Waals surface area contributed by atoms with E-state index in [1.807, 2.05) is 0 Å². The van der Waals surface area contributed by atoms with Gasteiger partial charge in [-0.3, -0.25) is 0 Å². The molecule has 0 saturated heterocycles. The second kappa shape index (κ2) is 5.12. The predicted octanol–water partition coefficient (Wildman–Crippen LogP) is 3.78. The highest BCUT2D eigenvalue weighted by atomic mass is 32.1. The quantitative estimate of drug-likeness (QED) is 0.803. The Kier molecular flexibility index (Phi) is 3.48. The molecule has 0 spiro atoms. The first kappa shape index (κ1) is 12.9. The summed E-state index contributed by atoms with van der Waals surface area (Å²) in [5, 5.41) is 7.63. The molecule has 2 bridgehead atoms. The zero-order valence-corrected chi connectivity index (χ0v) is 12.5. The van der Waals surface area contributed by atoms with Crippen molar-refractivity contribution in [1.82, 2.24) is 5.32 Å². The monoisotopic (exact) mass is 274 g/mol. The second-order valence-corrected chi connectivity index (χ2v) is 6.66. The molecule has 0 unspecified atom stereocenters. The van der Waals surface area contributed by atoms with Gasteiger partial charge in [0.25, 0.3) is 0 Å². The number of hydrogen-bond donors (Lipinski definition) is 2. The molecule has 2 nitrogen and oxygen atoms in total. The van der Waals surface area contributed by atoms with Gasteiger partial charge in [-0.25, -0.2) is 0 Å². The van der Waals surface area contributed by atoms with Gasteiger partial charge in [-0.1, -0.05) is 12.5 Å². The Balaban J connectivity index is 1.59. The molecule has 2 N–H and O–H groups in total. The number of benzene rings is 1. The summed E-state index contributed by atoms with van der Waals surface area (Å²) in [7, 11) is 0. The maximum Gasteiger partial charge on any atom is 0.171 e. The molecule has 2 fully saturated rings. The van der Waals surface area contributed by atoms with Crippen molar-refractivity contribution >= 4 is 23.0 Å². The summed E-state index contributed by atoms with van der Waals surface area (Å²) in [6.07, 6.45) is 5.53. The van der Waals surface area contributed by atoms with Gasteiger partial charge in [-0.15, -0.1) is 0 Å². The van der Waals surface area contributed by atoms with Gasteiger partial charge < -0.3 is 10.6 Å². The van der Waals surface area contributed by atoms with Crippen LogP contribution < -0.4 is 10.6 Å². The molecular weight excluding hydrogens is 252 g/mol. The average Bonchev–Trinajstić information content (AvgIpc) is 2.88. The summed E-state index contributed by atoms with van der Waals surface area (Å²) in [5.74, 6) is 1.80. The predicted molar refractivity (Wildman–Crippen MR) is 84.5 cm³/mol. The van der Waals surface area contributed by atoms with Crippen LogP contribution >= 0.6 is 12.2 Å². The maximum absolute atomic E-state index is 5.45. The van der Waals surface area contributed by atoms with Crippen LogP contribution in [0.5, 0.6) is 0 Å². The van der Waals surface area contributed by atoms with Crippen LogP contribution in [-0.4, -0.2) is 11.2 Å². The number of nitrogens with one attached hydrogen (secondary N) is 2. The molecular formula is C16H22N2S. The molecule has 0 aromatic heterocycles. The van der Waals surface area contributed by atoms with Crippen molar-refractivity contribution in [2.75, 3.05) is 5.32 Å². The van der Waals surface area contributed by atoms with E-state index in [9.17, 15) is 0 Å². The zero-order chi connectivity index (χ0) is 13.4. The van der Waals surface area contributed by atoms with Gasteiger partial charge >= 0.3 is 0 Å². The smallest absolute Gasteiger partial charge is 0.171 e. The van der Waals surface area contributed by atoms with E-state index < -0.39 is 0 Å². The Morgan fingerprint density at radius 1 is 1.11 bits per heavy atom. The van der Waals surface area contributed by atoms with Crippen molar-refractivity contribution in [3.8, 4) is 0 Å². The fourth-order valence-corrected chi connectivity index (χ4v) is 4.07. The molecule has 0 aliphatic heterocycles. The highest BCUT2D eigenvalue weighted by molar-refractivity contribution is 7.80. The first-order chi connectivity index (χ1) is 9.10.